The zero-order valence-electron chi connectivity index (χ0n) is 12.3. The summed E-state index contributed by atoms with van der Waals surface area (Å²) in [4.78, 5) is 24.0. The molecule has 1 aliphatic rings. The van der Waals surface area contributed by atoms with Crippen molar-refractivity contribution in [2.45, 2.75) is 26.7 Å². The summed E-state index contributed by atoms with van der Waals surface area (Å²) in [6.45, 7) is 3.54. The number of methoxy groups -OCH3 is 1. The Hall–Kier alpha value is -1.20. The third-order valence-electron chi connectivity index (χ3n) is 4.10. The van der Waals surface area contributed by atoms with Crippen LogP contribution in [0.15, 0.2) is 11.6 Å². The molecule has 20 heavy (non-hydrogen) atoms. The van der Waals surface area contributed by atoms with Gasteiger partial charge >= 0.3 is 5.97 Å². The van der Waals surface area contributed by atoms with Gasteiger partial charge in [-0.1, -0.05) is 19.9 Å². The molecule has 0 aliphatic heterocycles. The van der Waals surface area contributed by atoms with Gasteiger partial charge in [0.1, 0.15) is 11.7 Å². The van der Waals surface area contributed by atoms with Crippen molar-refractivity contribution < 1.29 is 24.5 Å². The Bertz CT molecular complexity index is 372. The normalized spacial score (nSPS) is 26.5. The van der Waals surface area contributed by atoms with Crippen molar-refractivity contribution >= 4 is 11.8 Å². The van der Waals surface area contributed by atoms with Gasteiger partial charge in [0, 0.05) is 12.3 Å². The molecule has 0 bridgehead atoms. The van der Waals surface area contributed by atoms with Crippen molar-refractivity contribution in [2.24, 2.45) is 23.7 Å². The summed E-state index contributed by atoms with van der Waals surface area (Å²) in [5.74, 6) is -1.34. The number of hydrogen-bond donors (Lipinski definition) is 2. The van der Waals surface area contributed by atoms with E-state index in [-0.39, 0.29) is 30.8 Å². The van der Waals surface area contributed by atoms with E-state index >= 15 is 0 Å². The lowest BCUT2D eigenvalue weighted by Crippen LogP contribution is -2.41. The molecule has 2 N–H and O–H groups in total. The summed E-state index contributed by atoms with van der Waals surface area (Å²) in [5, 5.41) is 18.4. The highest BCUT2D eigenvalue weighted by Gasteiger charge is 2.43. The van der Waals surface area contributed by atoms with E-state index in [9.17, 15) is 19.8 Å². The van der Waals surface area contributed by atoms with Gasteiger partial charge in [-0.2, -0.15) is 0 Å². The largest absolute Gasteiger partial charge is 0.468 e. The van der Waals surface area contributed by atoms with E-state index < -0.39 is 11.9 Å². The number of aliphatic hydroxyl groups is 2. The second kappa shape index (κ2) is 7.55. The maximum Gasteiger partial charge on any atom is 0.316 e. The van der Waals surface area contributed by atoms with E-state index in [1.54, 1.807) is 6.08 Å². The molecule has 0 aromatic carbocycles. The fourth-order valence-electron chi connectivity index (χ4n) is 2.96. The van der Waals surface area contributed by atoms with Gasteiger partial charge in [0.05, 0.1) is 20.3 Å². The molecule has 5 nitrogen and oxygen atoms in total. The number of hydrogen-bond acceptors (Lipinski definition) is 5. The van der Waals surface area contributed by atoms with Gasteiger partial charge in [-0.15, -0.1) is 0 Å². The maximum atomic E-state index is 12.1. The number of esters is 1. The minimum Gasteiger partial charge on any atom is -0.468 e. The van der Waals surface area contributed by atoms with E-state index in [4.69, 9.17) is 4.74 Å². The molecular formula is C15H24O5. The molecule has 5 heteroatoms. The molecular weight excluding hydrogens is 260 g/mol. The third-order valence-corrected chi connectivity index (χ3v) is 4.10. The lowest BCUT2D eigenvalue weighted by Gasteiger charge is -2.36. The summed E-state index contributed by atoms with van der Waals surface area (Å²) < 4.78 is 4.75. The number of allylic oxidation sites excluding steroid dienone is 1. The Morgan fingerprint density at radius 1 is 1.40 bits per heavy atom. The van der Waals surface area contributed by atoms with E-state index in [2.05, 4.69) is 0 Å². The number of rotatable bonds is 5. The van der Waals surface area contributed by atoms with Gasteiger partial charge in [-0.05, 0) is 23.8 Å². The molecule has 1 aliphatic carbocycles. The van der Waals surface area contributed by atoms with Gasteiger partial charge in [-0.3, -0.25) is 9.59 Å². The minimum atomic E-state index is -0.825. The number of carbonyl (C=O) groups is 2. The second-order valence-electron chi connectivity index (χ2n) is 5.63. The van der Waals surface area contributed by atoms with Gasteiger partial charge < -0.3 is 14.9 Å². The fourth-order valence-corrected chi connectivity index (χ4v) is 2.96. The lowest BCUT2D eigenvalue weighted by atomic mass is 9.66. The molecule has 1 fully saturated rings. The van der Waals surface area contributed by atoms with Crippen LogP contribution in [-0.4, -0.2) is 42.3 Å². The van der Waals surface area contributed by atoms with Crippen LogP contribution in [0.25, 0.3) is 0 Å². The Morgan fingerprint density at radius 2 is 2.00 bits per heavy atom. The average Bonchev–Trinajstić information content (AvgIpc) is 2.43. The van der Waals surface area contributed by atoms with E-state index in [1.165, 1.54) is 7.11 Å². The molecule has 0 radical (unpaired) electrons. The van der Waals surface area contributed by atoms with E-state index in [1.807, 2.05) is 13.8 Å². The first-order chi connectivity index (χ1) is 9.46. The first-order valence-corrected chi connectivity index (χ1v) is 6.98. The van der Waals surface area contributed by atoms with Crippen LogP contribution >= 0.6 is 0 Å². The standard InChI is InChI=1S/C15H24O5/c1-9(2)11-4-5-13(18)14(15(19)20-3)12(11)6-10(7-16)8-17/h6,9,11-12,14,16-17H,4-5,7-8H2,1-3H3/t11-,12-,14+/m1/s1. The van der Waals surface area contributed by atoms with E-state index in [0.717, 1.165) is 6.42 Å². The average molecular weight is 284 g/mol. The molecule has 0 heterocycles. The molecule has 0 spiro atoms. The number of Topliss-reactive ketones (excluding diaryl/α,β-unsaturated/α-hetero) is 1. The van der Waals surface area contributed by atoms with Gasteiger partial charge in [0.25, 0.3) is 0 Å². The maximum absolute atomic E-state index is 12.1. The van der Waals surface area contributed by atoms with Gasteiger partial charge in [0.15, 0.2) is 0 Å². The number of ether oxygens (including phenoxy) is 1. The highest BCUT2D eigenvalue weighted by molar-refractivity contribution is 6.00. The van der Waals surface area contributed by atoms with Crippen LogP contribution < -0.4 is 0 Å². The van der Waals surface area contributed by atoms with Gasteiger partial charge in [0.2, 0.25) is 0 Å². The molecule has 0 aromatic rings. The SMILES string of the molecule is COC(=O)[C@@H]1C(=O)CC[C@H](C(C)C)[C@H]1C=C(CO)CO. The highest BCUT2D eigenvalue weighted by Crippen LogP contribution is 2.39. The first kappa shape index (κ1) is 16.9. The van der Waals surface area contributed by atoms with Crippen molar-refractivity contribution in [1.29, 1.82) is 0 Å². The number of aliphatic hydroxyl groups excluding tert-OH is 2. The minimum absolute atomic E-state index is 0.120. The summed E-state index contributed by atoms with van der Waals surface area (Å²) in [7, 11) is 1.27. The first-order valence-electron chi connectivity index (χ1n) is 6.98. The predicted molar refractivity (Wildman–Crippen MR) is 73.8 cm³/mol. The summed E-state index contributed by atoms with van der Waals surface area (Å²) in [6.07, 6.45) is 2.78. The molecule has 3 atom stereocenters. The molecule has 1 saturated carbocycles. The predicted octanol–water partition coefficient (Wildman–Crippen LogP) is 0.938. The zero-order valence-corrected chi connectivity index (χ0v) is 12.3. The molecule has 1 rings (SSSR count). The monoisotopic (exact) mass is 284 g/mol. The fraction of sp³-hybridized carbons (Fsp3) is 0.733. The Kier molecular flexibility index (Phi) is 6.36. The quantitative estimate of drug-likeness (QED) is 0.446. The van der Waals surface area contributed by atoms with Crippen molar-refractivity contribution in [3.63, 3.8) is 0 Å². The highest BCUT2D eigenvalue weighted by atomic mass is 16.5. The van der Waals surface area contributed by atoms with Crippen molar-refractivity contribution in [3.8, 4) is 0 Å². The van der Waals surface area contributed by atoms with Crippen molar-refractivity contribution in [3.05, 3.63) is 11.6 Å². The lowest BCUT2D eigenvalue weighted by molar-refractivity contribution is -0.154. The molecule has 0 aromatic heterocycles. The van der Waals surface area contributed by atoms with Crippen LogP contribution in [0.5, 0.6) is 0 Å². The Balaban J connectivity index is 3.17. The summed E-state index contributed by atoms with van der Waals surface area (Å²) >= 11 is 0. The third kappa shape index (κ3) is 3.67. The van der Waals surface area contributed by atoms with Crippen LogP contribution in [0, 0.1) is 23.7 Å². The zero-order chi connectivity index (χ0) is 15.3. The second-order valence-corrected chi connectivity index (χ2v) is 5.63. The van der Waals surface area contributed by atoms with Crippen LogP contribution in [0.4, 0.5) is 0 Å². The summed E-state index contributed by atoms with van der Waals surface area (Å²) in [5.41, 5.74) is 0.434. The van der Waals surface area contributed by atoms with Crippen molar-refractivity contribution in [2.75, 3.05) is 20.3 Å². The smallest absolute Gasteiger partial charge is 0.316 e. The molecule has 114 valence electrons. The number of carbonyl (C=O) groups excluding carboxylic acids is 2. The molecule has 0 amide bonds. The van der Waals surface area contributed by atoms with E-state index in [0.29, 0.717) is 17.9 Å². The van der Waals surface area contributed by atoms with Crippen molar-refractivity contribution in [1.82, 2.24) is 0 Å². The van der Waals surface area contributed by atoms with Crippen LogP contribution in [-0.2, 0) is 14.3 Å². The Morgan fingerprint density at radius 3 is 2.45 bits per heavy atom. The molecule has 0 unspecified atom stereocenters. The van der Waals surface area contributed by atoms with Crippen LogP contribution in [0.2, 0.25) is 0 Å². The van der Waals surface area contributed by atoms with Crippen LogP contribution in [0.1, 0.15) is 26.7 Å². The molecule has 0 saturated heterocycles. The Labute approximate surface area is 119 Å². The van der Waals surface area contributed by atoms with Gasteiger partial charge in [-0.25, -0.2) is 0 Å². The number of ketones is 1. The topological polar surface area (TPSA) is 83.8 Å². The summed E-state index contributed by atoms with van der Waals surface area (Å²) in [6, 6.07) is 0. The van der Waals surface area contributed by atoms with Crippen LogP contribution in [0.3, 0.4) is 0 Å².